The van der Waals surface area contributed by atoms with Gasteiger partial charge in [0.15, 0.2) is 5.15 Å². The van der Waals surface area contributed by atoms with Crippen molar-refractivity contribution in [3.8, 4) is 0 Å². The standard InChI is InChI=1S/C4H3ClN2OS/c5-3-1-2-4(8)7(9)6-3/h1-2,9H. The number of hydrogen-bond acceptors (Lipinski definition) is 3. The van der Waals surface area contributed by atoms with Crippen molar-refractivity contribution in [2.75, 3.05) is 0 Å². The third-order valence-electron chi connectivity index (χ3n) is 0.751. The highest BCUT2D eigenvalue weighted by atomic mass is 35.5. The summed E-state index contributed by atoms with van der Waals surface area (Å²) in [6, 6.07) is 2.71. The molecule has 0 radical (unpaired) electrons. The zero-order chi connectivity index (χ0) is 6.85. The van der Waals surface area contributed by atoms with Gasteiger partial charge in [-0.15, -0.1) is 5.10 Å². The van der Waals surface area contributed by atoms with Crippen LogP contribution in [0.15, 0.2) is 16.9 Å². The first kappa shape index (κ1) is 6.64. The monoisotopic (exact) mass is 162 g/mol. The second kappa shape index (κ2) is 2.41. The molecular weight excluding hydrogens is 160 g/mol. The first-order chi connectivity index (χ1) is 4.20. The van der Waals surface area contributed by atoms with E-state index in [9.17, 15) is 4.79 Å². The quantitative estimate of drug-likeness (QED) is 0.567. The van der Waals surface area contributed by atoms with Crippen molar-refractivity contribution < 1.29 is 0 Å². The van der Waals surface area contributed by atoms with E-state index in [1.807, 2.05) is 0 Å². The topological polar surface area (TPSA) is 34.9 Å². The van der Waals surface area contributed by atoms with Crippen LogP contribution in [0, 0.1) is 0 Å². The lowest BCUT2D eigenvalue weighted by Gasteiger charge is -1.90. The molecule has 0 saturated carbocycles. The van der Waals surface area contributed by atoms with E-state index in [4.69, 9.17) is 11.6 Å². The molecule has 0 fully saturated rings. The molecule has 0 unspecified atom stereocenters. The summed E-state index contributed by atoms with van der Waals surface area (Å²) >= 11 is 9.07. The van der Waals surface area contributed by atoms with E-state index in [0.717, 1.165) is 4.09 Å². The number of hydrogen-bond donors (Lipinski definition) is 1. The van der Waals surface area contributed by atoms with Gasteiger partial charge in [0.2, 0.25) is 0 Å². The molecule has 0 saturated heterocycles. The van der Waals surface area contributed by atoms with Gasteiger partial charge in [-0.2, -0.15) is 4.09 Å². The fraction of sp³-hybridized carbons (Fsp3) is 0. The maximum Gasteiger partial charge on any atom is 0.277 e. The molecule has 0 atom stereocenters. The third kappa shape index (κ3) is 1.46. The van der Waals surface area contributed by atoms with Crippen LogP contribution in [0.4, 0.5) is 0 Å². The summed E-state index contributed by atoms with van der Waals surface area (Å²) in [5.74, 6) is 0. The molecule has 1 aromatic heterocycles. The highest BCUT2D eigenvalue weighted by molar-refractivity contribution is 7.78. The number of halogens is 1. The van der Waals surface area contributed by atoms with E-state index in [-0.39, 0.29) is 10.7 Å². The van der Waals surface area contributed by atoms with Crippen LogP contribution in [-0.4, -0.2) is 9.19 Å². The number of aromatic nitrogens is 2. The molecule has 9 heavy (non-hydrogen) atoms. The predicted octanol–water partition coefficient (Wildman–Crippen LogP) is 0.590. The number of rotatable bonds is 0. The van der Waals surface area contributed by atoms with Crippen molar-refractivity contribution in [3.05, 3.63) is 27.6 Å². The average Bonchev–Trinajstić information content (AvgIpc) is 1.80. The Bertz CT molecular complexity index is 272. The summed E-state index contributed by atoms with van der Waals surface area (Å²) < 4.78 is 0.877. The summed E-state index contributed by atoms with van der Waals surface area (Å²) in [4.78, 5) is 10.5. The van der Waals surface area contributed by atoms with E-state index in [0.29, 0.717) is 0 Å². The van der Waals surface area contributed by atoms with Gasteiger partial charge in [-0.25, -0.2) is 0 Å². The summed E-state index contributed by atoms with van der Waals surface area (Å²) in [5.41, 5.74) is -0.289. The summed E-state index contributed by atoms with van der Waals surface area (Å²) in [6.45, 7) is 0. The smallest absolute Gasteiger partial charge is 0.267 e. The lowest BCUT2D eigenvalue weighted by atomic mass is 10.6. The molecule has 5 heteroatoms. The van der Waals surface area contributed by atoms with Crippen molar-refractivity contribution in [2.45, 2.75) is 0 Å². The van der Waals surface area contributed by atoms with Gasteiger partial charge >= 0.3 is 0 Å². The minimum atomic E-state index is -0.289. The minimum absolute atomic E-state index is 0.254. The molecule has 0 aliphatic rings. The van der Waals surface area contributed by atoms with Crippen LogP contribution in [-0.2, 0) is 0 Å². The highest BCUT2D eigenvalue weighted by Crippen LogP contribution is 1.97. The summed E-state index contributed by atoms with van der Waals surface area (Å²) in [7, 11) is 0. The lowest BCUT2D eigenvalue weighted by Crippen LogP contribution is -2.13. The highest BCUT2D eigenvalue weighted by Gasteiger charge is 1.90. The predicted molar refractivity (Wildman–Crippen MR) is 37.9 cm³/mol. The van der Waals surface area contributed by atoms with Crippen molar-refractivity contribution in [1.29, 1.82) is 0 Å². The van der Waals surface area contributed by atoms with E-state index >= 15 is 0 Å². The molecule has 0 aliphatic carbocycles. The van der Waals surface area contributed by atoms with Crippen molar-refractivity contribution in [2.24, 2.45) is 0 Å². The van der Waals surface area contributed by atoms with Gasteiger partial charge in [-0.1, -0.05) is 11.6 Å². The molecule has 1 aromatic rings. The second-order valence-corrected chi connectivity index (χ2v) is 2.15. The molecule has 48 valence electrons. The van der Waals surface area contributed by atoms with Crippen molar-refractivity contribution >= 4 is 24.4 Å². The molecule has 3 nitrogen and oxygen atoms in total. The summed E-state index contributed by atoms with van der Waals surface area (Å²) in [5, 5.41) is 3.76. The van der Waals surface area contributed by atoms with E-state index in [1.165, 1.54) is 12.1 Å². The van der Waals surface area contributed by atoms with Crippen LogP contribution in [0.3, 0.4) is 0 Å². The molecule has 0 N–H and O–H groups in total. The van der Waals surface area contributed by atoms with Gasteiger partial charge in [0.1, 0.15) is 0 Å². The third-order valence-corrected chi connectivity index (χ3v) is 1.24. The van der Waals surface area contributed by atoms with Gasteiger partial charge in [-0.3, -0.25) is 4.79 Å². The van der Waals surface area contributed by atoms with Crippen molar-refractivity contribution in [3.63, 3.8) is 0 Å². The largest absolute Gasteiger partial charge is 0.277 e. The zero-order valence-electron chi connectivity index (χ0n) is 4.28. The Kier molecular flexibility index (Phi) is 1.78. The van der Waals surface area contributed by atoms with Crippen LogP contribution < -0.4 is 5.56 Å². The maximum absolute atomic E-state index is 10.5. The maximum atomic E-state index is 10.5. The SMILES string of the molecule is O=c1ccc(Cl)nn1S. The Morgan fingerprint density at radius 3 is 2.78 bits per heavy atom. The van der Waals surface area contributed by atoms with Gasteiger partial charge in [-0.05, 0) is 18.9 Å². The fourth-order valence-corrected chi connectivity index (χ4v) is 0.734. The lowest BCUT2D eigenvalue weighted by molar-refractivity contribution is 0.926. The molecule has 1 heterocycles. The first-order valence-corrected chi connectivity index (χ1v) is 2.93. The molecule has 0 spiro atoms. The van der Waals surface area contributed by atoms with Gasteiger partial charge in [0, 0.05) is 6.07 Å². The van der Waals surface area contributed by atoms with Crippen molar-refractivity contribution in [1.82, 2.24) is 9.19 Å². The number of nitrogens with zero attached hydrogens (tertiary/aromatic N) is 2. The minimum Gasteiger partial charge on any atom is -0.267 e. The summed E-state index contributed by atoms with van der Waals surface area (Å²) in [6.07, 6.45) is 0. The van der Waals surface area contributed by atoms with Gasteiger partial charge in [0.05, 0.1) is 0 Å². The Hall–Kier alpha value is -0.480. The van der Waals surface area contributed by atoms with Crippen LogP contribution in [0.5, 0.6) is 0 Å². The average molecular weight is 163 g/mol. The van der Waals surface area contributed by atoms with Crippen LogP contribution >= 0.6 is 24.4 Å². The molecule has 1 rings (SSSR count). The van der Waals surface area contributed by atoms with Crippen LogP contribution in [0.25, 0.3) is 0 Å². The van der Waals surface area contributed by atoms with Gasteiger partial charge in [0.25, 0.3) is 5.56 Å². The van der Waals surface area contributed by atoms with Gasteiger partial charge < -0.3 is 0 Å². The molecule has 0 aliphatic heterocycles. The molecule has 0 aromatic carbocycles. The second-order valence-electron chi connectivity index (χ2n) is 1.38. The number of thiol groups is 1. The molecule has 0 amide bonds. The van der Waals surface area contributed by atoms with Crippen LogP contribution in [0.1, 0.15) is 0 Å². The Morgan fingerprint density at radius 1 is 1.67 bits per heavy atom. The zero-order valence-corrected chi connectivity index (χ0v) is 5.93. The van der Waals surface area contributed by atoms with E-state index in [1.54, 1.807) is 0 Å². The van der Waals surface area contributed by atoms with Crippen LogP contribution in [0.2, 0.25) is 5.15 Å². The van der Waals surface area contributed by atoms with E-state index in [2.05, 4.69) is 17.9 Å². The Balaban J connectivity index is 3.34. The normalized spacial score (nSPS) is 9.56. The first-order valence-electron chi connectivity index (χ1n) is 2.15. The fourth-order valence-electron chi connectivity index (χ4n) is 0.380. The Labute approximate surface area is 61.8 Å². The van der Waals surface area contributed by atoms with E-state index < -0.39 is 0 Å². The Morgan fingerprint density at radius 2 is 2.33 bits per heavy atom. The molecular formula is C4H3ClN2OS. The molecule has 0 bridgehead atoms.